The minimum Gasteiger partial charge on any atom is -0.497 e. The van der Waals surface area contributed by atoms with Gasteiger partial charge in [-0.2, -0.15) is 0 Å². The molecular formula is C21H22N2O3S. The summed E-state index contributed by atoms with van der Waals surface area (Å²) < 4.78 is 12.8. The van der Waals surface area contributed by atoms with Crippen LogP contribution in [0.4, 0.5) is 0 Å². The first kappa shape index (κ1) is 17.9. The van der Waals surface area contributed by atoms with Crippen LogP contribution in [-0.2, 0) is 0 Å². The minimum atomic E-state index is 0.0834. The lowest BCUT2D eigenvalue weighted by molar-refractivity contribution is 0.318. The maximum Gasteiger partial charge on any atom is 0.262 e. The molecule has 3 aromatic rings. The van der Waals surface area contributed by atoms with E-state index in [4.69, 9.17) is 14.5 Å². The molecule has 0 bridgehead atoms. The maximum absolute atomic E-state index is 12.8. The van der Waals surface area contributed by atoms with Crippen molar-refractivity contribution in [1.29, 1.82) is 0 Å². The maximum atomic E-state index is 12.8. The van der Waals surface area contributed by atoms with Crippen LogP contribution < -0.4 is 15.0 Å². The largest absolute Gasteiger partial charge is 0.497 e. The van der Waals surface area contributed by atoms with Gasteiger partial charge < -0.3 is 9.47 Å². The van der Waals surface area contributed by atoms with Gasteiger partial charge in [-0.25, -0.2) is 4.98 Å². The minimum absolute atomic E-state index is 0.0834. The molecule has 1 saturated carbocycles. The molecule has 2 aromatic carbocycles. The number of thioether (sulfide) groups is 1. The first-order valence-electron chi connectivity index (χ1n) is 9.17. The molecule has 0 unspecified atom stereocenters. The molecule has 0 amide bonds. The number of benzene rings is 2. The molecule has 6 heteroatoms. The highest BCUT2D eigenvalue weighted by atomic mass is 32.2. The molecular weight excluding hydrogens is 360 g/mol. The first-order valence-corrected chi connectivity index (χ1v) is 10.2. The van der Waals surface area contributed by atoms with Crippen LogP contribution in [0.25, 0.3) is 10.9 Å². The van der Waals surface area contributed by atoms with Gasteiger partial charge >= 0.3 is 0 Å². The van der Waals surface area contributed by atoms with Crippen LogP contribution >= 0.6 is 11.8 Å². The molecule has 1 heterocycles. The molecule has 0 radical (unpaired) electrons. The molecule has 1 aromatic heterocycles. The summed E-state index contributed by atoms with van der Waals surface area (Å²) >= 11 is 1.64. The molecule has 1 aliphatic carbocycles. The summed E-state index contributed by atoms with van der Waals surface area (Å²) in [5, 5.41) is 1.53. The average molecular weight is 382 g/mol. The van der Waals surface area contributed by atoms with Crippen LogP contribution in [0.1, 0.15) is 25.3 Å². The summed E-state index contributed by atoms with van der Waals surface area (Å²) in [5.41, 5.74) is 0.858. The van der Waals surface area contributed by atoms with E-state index >= 15 is 0 Å². The lowest BCUT2D eigenvalue weighted by atomic mass is 10.2. The number of nitrogens with zero attached hydrogens (tertiary/aromatic N) is 2. The van der Waals surface area contributed by atoms with Crippen LogP contribution in [0.15, 0.2) is 58.5 Å². The standard InChI is InChI=1S/C21H22N2O3S/c1-25-16-9-11-17(12-10-16)26-13-4-14-27-21-22-19-6-3-2-5-18(19)20(24)23(21)15-7-8-15/h2-3,5-6,9-12,15H,4,7-8,13-14H2,1H3. The summed E-state index contributed by atoms with van der Waals surface area (Å²) in [5.74, 6) is 2.51. The second-order valence-electron chi connectivity index (χ2n) is 6.54. The molecule has 0 N–H and O–H groups in total. The van der Waals surface area contributed by atoms with E-state index in [-0.39, 0.29) is 5.56 Å². The van der Waals surface area contributed by atoms with E-state index in [1.807, 2.05) is 53.1 Å². The van der Waals surface area contributed by atoms with Crippen molar-refractivity contribution < 1.29 is 9.47 Å². The molecule has 0 atom stereocenters. The van der Waals surface area contributed by atoms with Crippen molar-refractivity contribution in [2.75, 3.05) is 19.5 Å². The zero-order valence-electron chi connectivity index (χ0n) is 15.3. The second-order valence-corrected chi connectivity index (χ2v) is 7.61. The van der Waals surface area contributed by atoms with E-state index < -0.39 is 0 Å². The third-order valence-corrected chi connectivity index (χ3v) is 5.57. The monoisotopic (exact) mass is 382 g/mol. The smallest absolute Gasteiger partial charge is 0.262 e. The molecule has 1 aliphatic rings. The zero-order chi connectivity index (χ0) is 18.6. The Bertz CT molecular complexity index is 981. The fourth-order valence-corrected chi connectivity index (χ4v) is 3.95. The van der Waals surface area contributed by atoms with Gasteiger partial charge in [0.05, 0.1) is 24.6 Å². The van der Waals surface area contributed by atoms with Gasteiger partial charge in [-0.15, -0.1) is 0 Å². The Kier molecular flexibility index (Phi) is 5.34. The summed E-state index contributed by atoms with van der Waals surface area (Å²) in [4.78, 5) is 17.6. The second kappa shape index (κ2) is 8.05. The van der Waals surface area contributed by atoms with Gasteiger partial charge in [0.2, 0.25) is 0 Å². The van der Waals surface area contributed by atoms with Crippen molar-refractivity contribution in [3.63, 3.8) is 0 Å². The molecule has 1 fully saturated rings. The van der Waals surface area contributed by atoms with Gasteiger partial charge in [0, 0.05) is 11.8 Å². The van der Waals surface area contributed by atoms with Crippen LogP contribution in [0.5, 0.6) is 11.5 Å². The number of methoxy groups -OCH3 is 1. The quantitative estimate of drug-likeness (QED) is 0.330. The Balaban J connectivity index is 1.38. The molecule has 5 nitrogen and oxygen atoms in total. The third kappa shape index (κ3) is 4.11. The van der Waals surface area contributed by atoms with Crippen molar-refractivity contribution in [2.24, 2.45) is 0 Å². The fourth-order valence-electron chi connectivity index (χ4n) is 2.97. The highest BCUT2D eigenvalue weighted by molar-refractivity contribution is 7.99. The van der Waals surface area contributed by atoms with Crippen molar-refractivity contribution >= 4 is 22.7 Å². The van der Waals surface area contributed by atoms with E-state index in [2.05, 4.69) is 0 Å². The normalized spacial score (nSPS) is 13.7. The Morgan fingerprint density at radius 3 is 2.59 bits per heavy atom. The zero-order valence-corrected chi connectivity index (χ0v) is 16.1. The van der Waals surface area contributed by atoms with Crippen molar-refractivity contribution in [1.82, 2.24) is 9.55 Å². The van der Waals surface area contributed by atoms with Crippen LogP contribution in [0.3, 0.4) is 0 Å². The number of hydrogen-bond acceptors (Lipinski definition) is 5. The van der Waals surface area contributed by atoms with Crippen LogP contribution in [0, 0.1) is 0 Å². The summed E-state index contributed by atoms with van der Waals surface area (Å²) in [6.45, 7) is 0.626. The van der Waals surface area contributed by atoms with Crippen LogP contribution in [0.2, 0.25) is 0 Å². The molecule has 0 spiro atoms. The SMILES string of the molecule is COc1ccc(OCCCSc2nc3ccccc3c(=O)n2C2CC2)cc1. The van der Waals surface area contributed by atoms with Gasteiger partial charge in [-0.3, -0.25) is 9.36 Å². The third-order valence-electron chi connectivity index (χ3n) is 4.54. The van der Waals surface area contributed by atoms with E-state index in [0.29, 0.717) is 18.0 Å². The Morgan fingerprint density at radius 2 is 1.85 bits per heavy atom. The first-order chi connectivity index (χ1) is 13.3. The number of para-hydroxylation sites is 1. The highest BCUT2D eigenvalue weighted by Gasteiger charge is 2.28. The lowest BCUT2D eigenvalue weighted by Crippen LogP contribution is -2.22. The number of ether oxygens (including phenoxy) is 2. The molecule has 4 rings (SSSR count). The number of fused-ring (bicyclic) bond motifs is 1. The molecule has 27 heavy (non-hydrogen) atoms. The van der Waals surface area contributed by atoms with Gasteiger partial charge in [-0.1, -0.05) is 23.9 Å². The Labute approximate surface area is 162 Å². The predicted octanol–water partition coefficient (Wildman–Crippen LogP) is 4.30. The summed E-state index contributed by atoms with van der Waals surface area (Å²) in [7, 11) is 1.65. The van der Waals surface area contributed by atoms with Crippen molar-refractivity contribution in [2.45, 2.75) is 30.5 Å². The van der Waals surface area contributed by atoms with E-state index in [0.717, 1.165) is 47.2 Å². The van der Waals surface area contributed by atoms with Crippen molar-refractivity contribution in [3.8, 4) is 11.5 Å². The number of hydrogen-bond donors (Lipinski definition) is 0. The number of aromatic nitrogens is 2. The number of rotatable bonds is 8. The topological polar surface area (TPSA) is 53.4 Å². The Hall–Kier alpha value is -2.47. The van der Waals surface area contributed by atoms with Crippen LogP contribution in [-0.4, -0.2) is 29.0 Å². The van der Waals surface area contributed by atoms with E-state index in [1.54, 1.807) is 18.9 Å². The summed E-state index contributed by atoms with van der Waals surface area (Å²) in [6, 6.07) is 15.5. The van der Waals surface area contributed by atoms with Gasteiger partial charge in [0.1, 0.15) is 11.5 Å². The molecule has 0 aliphatic heterocycles. The van der Waals surface area contributed by atoms with E-state index in [1.165, 1.54) is 0 Å². The lowest BCUT2D eigenvalue weighted by Gasteiger charge is -2.12. The predicted molar refractivity (Wildman–Crippen MR) is 108 cm³/mol. The Morgan fingerprint density at radius 1 is 1.11 bits per heavy atom. The van der Waals surface area contributed by atoms with Gasteiger partial charge in [0.15, 0.2) is 5.16 Å². The molecule has 140 valence electrons. The van der Waals surface area contributed by atoms with Gasteiger partial charge in [-0.05, 0) is 55.7 Å². The highest BCUT2D eigenvalue weighted by Crippen LogP contribution is 2.36. The average Bonchev–Trinajstić information content (AvgIpc) is 3.53. The fraction of sp³-hybridized carbons (Fsp3) is 0.333. The van der Waals surface area contributed by atoms with E-state index in [9.17, 15) is 4.79 Å². The molecule has 0 saturated heterocycles. The summed E-state index contributed by atoms with van der Waals surface area (Å²) in [6.07, 6.45) is 3.01. The van der Waals surface area contributed by atoms with Gasteiger partial charge in [0.25, 0.3) is 5.56 Å². The van der Waals surface area contributed by atoms with Crippen molar-refractivity contribution in [3.05, 3.63) is 58.9 Å².